The lowest BCUT2D eigenvalue weighted by molar-refractivity contribution is 0.0704. The van der Waals surface area contributed by atoms with E-state index in [2.05, 4.69) is 18.8 Å². The van der Waals surface area contributed by atoms with Gasteiger partial charge in [0.25, 0.3) is 0 Å². The number of nitrogens with zero attached hydrogens (tertiary/aromatic N) is 2. The highest BCUT2D eigenvalue weighted by Crippen LogP contribution is 2.20. The third kappa shape index (κ3) is 2.35. The maximum atomic E-state index is 9.86. The molecule has 1 aromatic rings. The van der Waals surface area contributed by atoms with Gasteiger partial charge in [-0.25, -0.2) is 4.98 Å². The Morgan fingerprint density at radius 3 is 2.43 bits per heavy atom. The van der Waals surface area contributed by atoms with E-state index < -0.39 is 5.60 Å². The maximum Gasteiger partial charge on any atom is 0.108 e. The molecule has 0 aliphatic carbocycles. The molecule has 1 N–H and O–H groups in total. The summed E-state index contributed by atoms with van der Waals surface area (Å²) in [6.07, 6.45) is 2.71. The van der Waals surface area contributed by atoms with Gasteiger partial charge in [0.05, 0.1) is 11.9 Å². The van der Waals surface area contributed by atoms with Gasteiger partial charge >= 0.3 is 0 Å². The largest absolute Gasteiger partial charge is 0.384 e. The summed E-state index contributed by atoms with van der Waals surface area (Å²) in [7, 11) is 1.96. The van der Waals surface area contributed by atoms with Crippen LogP contribution in [0.4, 0.5) is 0 Å². The Morgan fingerprint density at radius 1 is 1.50 bits per heavy atom. The highest BCUT2D eigenvalue weighted by molar-refractivity contribution is 5.12. The molecule has 0 aliphatic heterocycles. The first-order valence-corrected chi connectivity index (χ1v) is 5.06. The first-order chi connectivity index (χ1) is 6.32. The lowest BCUT2D eigenvalue weighted by atomic mass is 10.1. The van der Waals surface area contributed by atoms with Crippen molar-refractivity contribution in [1.29, 1.82) is 0 Å². The fourth-order valence-corrected chi connectivity index (χ4v) is 1.57. The fraction of sp³-hybridized carbons (Fsp3) is 0.727. The molecule has 0 spiro atoms. The summed E-state index contributed by atoms with van der Waals surface area (Å²) in [5.74, 6) is 1.63. The molecular formula is C11H20N2O. The minimum atomic E-state index is -0.809. The zero-order valence-corrected chi connectivity index (χ0v) is 9.70. The zero-order valence-electron chi connectivity index (χ0n) is 9.70. The summed E-state index contributed by atoms with van der Waals surface area (Å²) >= 11 is 0. The van der Waals surface area contributed by atoms with Crippen LogP contribution in [0, 0.1) is 5.92 Å². The molecule has 0 aromatic carbocycles. The predicted octanol–water partition coefficient (Wildman–Crippen LogP) is 1.85. The van der Waals surface area contributed by atoms with Crippen LogP contribution in [0.1, 0.15) is 39.2 Å². The van der Waals surface area contributed by atoms with Crippen LogP contribution in [0.5, 0.6) is 0 Å². The lowest BCUT2D eigenvalue weighted by Gasteiger charge is -2.18. The lowest BCUT2D eigenvalue weighted by Crippen LogP contribution is -2.20. The molecule has 0 atom stereocenters. The van der Waals surface area contributed by atoms with E-state index in [0.717, 1.165) is 17.9 Å². The molecule has 0 radical (unpaired) electrons. The first kappa shape index (κ1) is 11.2. The minimum Gasteiger partial charge on any atom is -0.384 e. The molecule has 0 amide bonds. The quantitative estimate of drug-likeness (QED) is 0.801. The van der Waals surface area contributed by atoms with E-state index in [4.69, 9.17) is 0 Å². The summed E-state index contributed by atoms with van der Waals surface area (Å²) in [4.78, 5) is 4.33. The highest BCUT2D eigenvalue weighted by Gasteiger charge is 2.21. The molecule has 0 aliphatic rings. The molecule has 3 heteroatoms. The maximum absolute atomic E-state index is 9.86. The molecule has 0 fully saturated rings. The molecule has 1 heterocycles. The average Bonchev–Trinajstić information content (AvgIpc) is 2.30. The Kier molecular flexibility index (Phi) is 3.00. The fourth-order valence-electron chi connectivity index (χ4n) is 1.57. The van der Waals surface area contributed by atoms with Crippen molar-refractivity contribution in [2.75, 3.05) is 0 Å². The highest BCUT2D eigenvalue weighted by atomic mass is 16.3. The summed E-state index contributed by atoms with van der Waals surface area (Å²) in [6.45, 7) is 7.89. The van der Waals surface area contributed by atoms with Crippen LogP contribution in [-0.4, -0.2) is 14.7 Å². The van der Waals surface area contributed by atoms with Gasteiger partial charge in [-0.15, -0.1) is 0 Å². The van der Waals surface area contributed by atoms with E-state index in [0.29, 0.717) is 5.92 Å². The van der Waals surface area contributed by atoms with Crippen LogP contribution in [0.25, 0.3) is 0 Å². The standard InChI is InChI=1S/C11H20N2O/c1-8(2)6-10-12-7-9(13(10)5)11(3,4)14/h7-8,14H,6H2,1-5H3. The van der Waals surface area contributed by atoms with E-state index in [9.17, 15) is 5.11 Å². The SMILES string of the molecule is CC(C)Cc1ncc(C(C)(C)O)n1C. The van der Waals surface area contributed by atoms with Crippen molar-refractivity contribution in [2.24, 2.45) is 13.0 Å². The van der Waals surface area contributed by atoms with Crippen LogP contribution in [-0.2, 0) is 19.1 Å². The molecule has 14 heavy (non-hydrogen) atoms. The third-order valence-electron chi connectivity index (χ3n) is 2.30. The number of hydrogen-bond donors (Lipinski definition) is 1. The van der Waals surface area contributed by atoms with Crippen LogP contribution in [0.3, 0.4) is 0 Å². The van der Waals surface area contributed by atoms with E-state index in [1.165, 1.54) is 0 Å². The number of aliphatic hydroxyl groups is 1. The third-order valence-corrected chi connectivity index (χ3v) is 2.30. The van der Waals surface area contributed by atoms with Crippen molar-refractivity contribution in [3.8, 4) is 0 Å². The van der Waals surface area contributed by atoms with Crippen molar-refractivity contribution in [1.82, 2.24) is 9.55 Å². The van der Waals surface area contributed by atoms with Crippen molar-refractivity contribution >= 4 is 0 Å². The normalized spacial score (nSPS) is 12.5. The van der Waals surface area contributed by atoms with E-state index in [1.807, 2.05) is 11.6 Å². The summed E-state index contributed by atoms with van der Waals surface area (Å²) in [6, 6.07) is 0. The van der Waals surface area contributed by atoms with Crippen LogP contribution >= 0.6 is 0 Å². The van der Waals surface area contributed by atoms with Crippen molar-refractivity contribution in [3.63, 3.8) is 0 Å². The molecule has 80 valence electrons. The van der Waals surface area contributed by atoms with E-state index in [-0.39, 0.29) is 0 Å². The molecule has 0 saturated heterocycles. The van der Waals surface area contributed by atoms with Gasteiger partial charge in [0.1, 0.15) is 11.4 Å². The van der Waals surface area contributed by atoms with E-state index >= 15 is 0 Å². The van der Waals surface area contributed by atoms with Gasteiger partial charge in [-0.05, 0) is 19.8 Å². The van der Waals surface area contributed by atoms with Crippen molar-refractivity contribution in [2.45, 2.75) is 39.7 Å². The van der Waals surface area contributed by atoms with Gasteiger partial charge in [0.15, 0.2) is 0 Å². The van der Waals surface area contributed by atoms with E-state index in [1.54, 1.807) is 20.0 Å². The van der Waals surface area contributed by atoms with Crippen LogP contribution < -0.4 is 0 Å². The summed E-state index contributed by atoms with van der Waals surface area (Å²) < 4.78 is 1.99. The second-order valence-corrected chi connectivity index (χ2v) is 4.78. The monoisotopic (exact) mass is 196 g/mol. The Morgan fingerprint density at radius 2 is 2.07 bits per heavy atom. The Labute approximate surface area is 85.8 Å². The number of imidazole rings is 1. The molecule has 1 aromatic heterocycles. The van der Waals surface area contributed by atoms with Crippen molar-refractivity contribution in [3.05, 3.63) is 17.7 Å². The number of aromatic nitrogens is 2. The molecule has 0 saturated carbocycles. The molecular weight excluding hydrogens is 176 g/mol. The molecule has 3 nitrogen and oxygen atoms in total. The topological polar surface area (TPSA) is 38.1 Å². The number of hydrogen-bond acceptors (Lipinski definition) is 2. The molecule has 0 unspecified atom stereocenters. The Bertz CT molecular complexity index is 308. The minimum absolute atomic E-state index is 0.589. The average molecular weight is 196 g/mol. The summed E-state index contributed by atoms with van der Waals surface area (Å²) in [5, 5.41) is 9.86. The van der Waals surface area contributed by atoms with Gasteiger partial charge in [-0.2, -0.15) is 0 Å². The Hall–Kier alpha value is -0.830. The van der Waals surface area contributed by atoms with Crippen molar-refractivity contribution < 1.29 is 5.11 Å². The predicted molar refractivity (Wildman–Crippen MR) is 57.0 cm³/mol. The van der Waals surface area contributed by atoms with Gasteiger partial charge in [-0.1, -0.05) is 13.8 Å². The van der Waals surface area contributed by atoms with Crippen LogP contribution in [0.2, 0.25) is 0 Å². The second-order valence-electron chi connectivity index (χ2n) is 4.78. The van der Waals surface area contributed by atoms with Gasteiger partial charge in [0, 0.05) is 13.5 Å². The smallest absolute Gasteiger partial charge is 0.108 e. The summed E-state index contributed by atoms with van der Waals surface area (Å²) in [5.41, 5.74) is 0.0601. The zero-order chi connectivity index (χ0) is 10.9. The Balaban J connectivity index is 2.97. The first-order valence-electron chi connectivity index (χ1n) is 5.06. The molecule has 1 rings (SSSR count). The van der Waals surface area contributed by atoms with Gasteiger partial charge in [0.2, 0.25) is 0 Å². The molecule has 0 bridgehead atoms. The second kappa shape index (κ2) is 3.73. The number of rotatable bonds is 3. The van der Waals surface area contributed by atoms with Gasteiger partial charge in [-0.3, -0.25) is 0 Å². The van der Waals surface area contributed by atoms with Gasteiger partial charge < -0.3 is 9.67 Å². The van der Waals surface area contributed by atoms with Crippen LogP contribution in [0.15, 0.2) is 6.20 Å².